The number of benzene rings is 2. The monoisotopic (exact) mass is 622 g/mol. The number of ether oxygens (including phenoxy) is 2. The van der Waals surface area contributed by atoms with E-state index in [0.29, 0.717) is 23.9 Å². The summed E-state index contributed by atoms with van der Waals surface area (Å²) in [6.45, 7) is -0.515. The maximum Gasteiger partial charge on any atom is 0.387 e. The van der Waals surface area contributed by atoms with E-state index in [4.69, 9.17) is 9.15 Å². The molecule has 43 heavy (non-hydrogen) atoms. The van der Waals surface area contributed by atoms with Gasteiger partial charge in [0.2, 0.25) is 0 Å². The van der Waals surface area contributed by atoms with Crippen molar-refractivity contribution in [3.05, 3.63) is 60.0 Å². The van der Waals surface area contributed by atoms with Crippen LogP contribution < -0.4 is 10.1 Å². The average molecular weight is 623 g/mol. The first-order chi connectivity index (χ1) is 20.6. The molecule has 0 saturated carbocycles. The molecular formula is C28H32F2N4O8S. The Bertz CT molecular complexity index is 1510. The van der Waals surface area contributed by atoms with Crippen molar-refractivity contribution in [3.63, 3.8) is 0 Å². The van der Waals surface area contributed by atoms with Gasteiger partial charge in [0.1, 0.15) is 17.3 Å². The molecule has 2 aromatic carbocycles. The third-order valence-electron chi connectivity index (χ3n) is 6.60. The van der Waals surface area contributed by atoms with Gasteiger partial charge in [0.15, 0.2) is 15.4 Å². The summed E-state index contributed by atoms with van der Waals surface area (Å²) < 4.78 is 67.9. The number of imide groups is 1. The number of nitrogens with zero attached hydrogens (tertiary/aromatic N) is 3. The van der Waals surface area contributed by atoms with Crippen molar-refractivity contribution in [1.82, 2.24) is 20.1 Å². The third kappa shape index (κ3) is 8.47. The molecule has 1 atom stereocenters. The summed E-state index contributed by atoms with van der Waals surface area (Å²) in [6.07, 6.45) is 0.974. The maximum atomic E-state index is 13.9. The predicted octanol–water partition coefficient (Wildman–Crippen LogP) is 3.22. The number of aromatic nitrogens is 1. The van der Waals surface area contributed by atoms with E-state index in [1.165, 1.54) is 29.2 Å². The minimum atomic E-state index is -4.26. The summed E-state index contributed by atoms with van der Waals surface area (Å²) >= 11 is 0. The lowest BCUT2D eigenvalue weighted by molar-refractivity contribution is -0.130. The summed E-state index contributed by atoms with van der Waals surface area (Å²) in [7, 11) is -4.26. The van der Waals surface area contributed by atoms with Crippen molar-refractivity contribution >= 4 is 38.8 Å². The molecule has 12 nitrogen and oxygen atoms in total. The normalized spacial score (nSPS) is 14.5. The minimum absolute atomic E-state index is 0.0566. The topological polar surface area (TPSA) is 148 Å². The van der Waals surface area contributed by atoms with E-state index >= 15 is 0 Å². The van der Waals surface area contributed by atoms with Gasteiger partial charge in [-0.05, 0) is 24.6 Å². The van der Waals surface area contributed by atoms with Crippen LogP contribution >= 0.6 is 0 Å². The van der Waals surface area contributed by atoms with E-state index in [2.05, 4.69) is 15.0 Å². The van der Waals surface area contributed by atoms with E-state index in [0.717, 1.165) is 4.90 Å². The summed E-state index contributed by atoms with van der Waals surface area (Å²) in [6, 6.07) is 9.57. The molecular weight excluding hydrogens is 590 g/mol. The van der Waals surface area contributed by atoms with E-state index < -0.39 is 51.8 Å². The lowest BCUT2D eigenvalue weighted by atomic mass is 10.2. The second kappa shape index (κ2) is 14.4. The van der Waals surface area contributed by atoms with Gasteiger partial charge in [0.05, 0.1) is 24.7 Å². The molecule has 1 aliphatic rings. The standard InChI is InChI=1S/C28H32F2N4O8S/c1-2-3-12-34(26(36)24-31-20-9-5-7-11-23(20)41-24)25(35)21(32-28(37)33-13-15-40-16-14-33)18-43(38,39)17-19-8-4-6-10-22(19)42-27(29)30/h4-11,21,27H,2-3,12-18H2,1H3,(H,32,37). The van der Waals surface area contributed by atoms with E-state index in [1.54, 1.807) is 24.3 Å². The fraction of sp³-hybridized carbons (Fsp3) is 0.429. The van der Waals surface area contributed by atoms with Crippen LogP contribution in [0.4, 0.5) is 13.6 Å². The molecule has 0 aliphatic carbocycles. The van der Waals surface area contributed by atoms with Gasteiger partial charge in [-0.2, -0.15) is 8.78 Å². The minimum Gasteiger partial charge on any atom is -0.435 e. The number of nitrogens with one attached hydrogen (secondary N) is 1. The summed E-state index contributed by atoms with van der Waals surface area (Å²) in [4.78, 5) is 46.9. The van der Waals surface area contributed by atoms with Gasteiger partial charge in [-0.15, -0.1) is 0 Å². The highest BCUT2D eigenvalue weighted by Gasteiger charge is 2.36. The van der Waals surface area contributed by atoms with E-state index in [1.807, 2.05) is 6.92 Å². The van der Waals surface area contributed by atoms with Gasteiger partial charge in [-0.3, -0.25) is 14.5 Å². The van der Waals surface area contributed by atoms with Crippen molar-refractivity contribution in [3.8, 4) is 5.75 Å². The molecule has 1 aliphatic heterocycles. The fourth-order valence-corrected chi connectivity index (χ4v) is 6.02. The zero-order valence-corrected chi connectivity index (χ0v) is 24.2. The number of oxazole rings is 1. The van der Waals surface area contributed by atoms with Gasteiger partial charge in [0.25, 0.3) is 11.8 Å². The molecule has 4 amide bonds. The Kier molecular flexibility index (Phi) is 10.6. The number of halogens is 2. The van der Waals surface area contributed by atoms with Crippen LogP contribution in [-0.4, -0.2) is 92.3 Å². The lowest BCUT2D eigenvalue weighted by Gasteiger charge is -2.30. The number of morpholine rings is 1. The van der Waals surface area contributed by atoms with Crippen LogP contribution in [0.5, 0.6) is 5.75 Å². The Labute approximate surface area is 246 Å². The molecule has 0 radical (unpaired) electrons. The highest BCUT2D eigenvalue weighted by atomic mass is 32.2. The van der Waals surface area contributed by atoms with Crippen molar-refractivity contribution in [2.45, 2.75) is 38.2 Å². The van der Waals surface area contributed by atoms with Crippen molar-refractivity contribution < 1.29 is 45.5 Å². The van der Waals surface area contributed by atoms with Crippen LogP contribution in [0.1, 0.15) is 36.0 Å². The first-order valence-electron chi connectivity index (χ1n) is 13.7. The first kappa shape index (κ1) is 31.8. The number of sulfone groups is 1. The van der Waals surface area contributed by atoms with Crippen molar-refractivity contribution in [1.29, 1.82) is 0 Å². The molecule has 0 spiro atoms. The van der Waals surface area contributed by atoms with Crippen LogP contribution in [0.3, 0.4) is 0 Å². The highest BCUT2D eigenvalue weighted by molar-refractivity contribution is 7.90. The molecule has 1 fully saturated rings. The molecule has 0 bridgehead atoms. The highest BCUT2D eigenvalue weighted by Crippen LogP contribution is 2.23. The molecule has 1 unspecified atom stereocenters. The number of alkyl halides is 2. The maximum absolute atomic E-state index is 13.9. The van der Waals surface area contributed by atoms with Gasteiger partial charge >= 0.3 is 18.5 Å². The number of para-hydroxylation sites is 3. The first-order valence-corrected chi connectivity index (χ1v) is 15.5. The quantitative estimate of drug-likeness (QED) is 0.321. The predicted molar refractivity (Wildman–Crippen MR) is 150 cm³/mol. The number of rotatable bonds is 12. The zero-order valence-electron chi connectivity index (χ0n) is 23.4. The number of hydrogen-bond donors (Lipinski definition) is 1. The molecule has 1 saturated heterocycles. The van der Waals surface area contributed by atoms with Gasteiger partial charge < -0.3 is 24.1 Å². The molecule has 1 N–H and O–H groups in total. The Hall–Kier alpha value is -4.11. The lowest BCUT2D eigenvalue weighted by Crippen LogP contribution is -2.57. The summed E-state index contributed by atoms with van der Waals surface area (Å²) in [5, 5.41) is 2.47. The number of carbonyl (C=O) groups is 3. The number of amides is 4. The molecule has 4 rings (SSSR count). The van der Waals surface area contributed by atoms with Crippen LogP contribution in [0.2, 0.25) is 0 Å². The van der Waals surface area contributed by atoms with Gasteiger partial charge in [0, 0.05) is 25.2 Å². The number of hydrogen-bond acceptors (Lipinski definition) is 9. The molecule has 15 heteroatoms. The average Bonchev–Trinajstić information content (AvgIpc) is 3.42. The number of fused-ring (bicyclic) bond motifs is 1. The van der Waals surface area contributed by atoms with Crippen LogP contribution in [0.25, 0.3) is 11.1 Å². The molecule has 232 valence electrons. The summed E-state index contributed by atoms with van der Waals surface area (Å²) in [5.41, 5.74) is 0.648. The van der Waals surface area contributed by atoms with Crippen LogP contribution in [-0.2, 0) is 25.1 Å². The molecule has 1 aromatic heterocycles. The van der Waals surface area contributed by atoms with Crippen molar-refractivity contribution in [2.24, 2.45) is 0 Å². The summed E-state index contributed by atoms with van der Waals surface area (Å²) in [5.74, 6) is -4.27. The Morgan fingerprint density at radius 3 is 2.49 bits per heavy atom. The SMILES string of the molecule is CCCCN(C(=O)c1nc2ccccc2o1)C(=O)C(CS(=O)(=O)Cc1ccccc1OC(F)F)NC(=O)N1CCOCC1. The molecule has 3 aromatic rings. The number of carbonyl (C=O) groups excluding carboxylic acids is 3. The van der Waals surface area contributed by atoms with Gasteiger partial charge in [-0.25, -0.2) is 18.2 Å². The largest absolute Gasteiger partial charge is 0.435 e. The van der Waals surface area contributed by atoms with Crippen LogP contribution in [0.15, 0.2) is 52.9 Å². The molecule has 2 heterocycles. The number of unbranched alkanes of at least 4 members (excludes halogenated alkanes) is 1. The Morgan fingerprint density at radius 1 is 1.09 bits per heavy atom. The van der Waals surface area contributed by atoms with Crippen LogP contribution in [0, 0.1) is 0 Å². The smallest absolute Gasteiger partial charge is 0.387 e. The second-order valence-electron chi connectivity index (χ2n) is 9.78. The van der Waals surface area contributed by atoms with E-state index in [-0.39, 0.29) is 50.1 Å². The Morgan fingerprint density at radius 2 is 1.79 bits per heavy atom. The third-order valence-corrected chi connectivity index (χ3v) is 8.19. The van der Waals surface area contributed by atoms with E-state index in [9.17, 15) is 31.6 Å². The Balaban J connectivity index is 1.63. The second-order valence-corrected chi connectivity index (χ2v) is 11.9. The van der Waals surface area contributed by atoms with Crippen molar-refractivity contribution in [2.75, 3.05) is 38.6 Å². The number of urea groups is 1. The zero-order chi connectivity index (χ0) is 31.0. The van der Waals surface area contributed by atoms with Gasteiger partial charge in [-0.1, -0.05) is 43.7 Å². The fourth-order valence-electron chi connectivity index (χ4n) is 4.46.